The molecule has 0 fully saturated rings. The third-order valence-electron chi connectivity index (χ3n) is 2.61. The number of benzene rings is 1. The number of carbonyl (C=O) groups excluding carboxylic acids is 2. The van der Waals surface area contributed by atoms with E-state index in [1.54, 1.807) is 56.8 Å². The van der Waals surface area contributed by atoms with E-state index in [9.17, 15) is 9.59 Å². The van der Waals surface area contributed by atoms with Gasteiger partial charge in [0.05, 0.1) is 6.26 Å². The smallest absolute Gasteiger partial charge is 0.285 e. The molecule has 114 valence electrons. The van der Waals surface area contributed by atoms with Crippen LogP contribution >= 0.6 is 11.8 Å². The van der Waals surface area contributed by atoms with Crippen LogP contribution in [0, 0.1) is 0 Å². The van der Waals surface area contributed by atoms with Crippen molar-refractivity contribution in [2.24, 2.45) is 0 Å². The molecule has 0 saturated carbocycles. The van der Waals surface area contributed by atoms with Gasteiger partial charge in [-0.25, -0.2) is 0 Å². The highest BCUT2D eigenvalue weighted by molar-refractivity contribution is 8.13. The van der Waals surface area contributed by atoms with Crippen LogP contribution in [0.4, 0.5) is 10.5 Å². The number of anilines is 1. The quantitative estimate of drug-likeness (QED) is 0.690. The molecule has 0 spiro atoms. The average Bonchev–Trinajstić information content (AvgIpc) is 2.98. The van der Waals surface area contributed by atoms with E-state index < -0.39 is 0 Å². The summed E-state index contributed by atoms with van der Waals surface area (Å²) in [7, 11) is 3.39. The highest BCUT2D eigenvalue weighted by atomic mass is 32.2. The summed E-state index contributed by atoms with van der Waals surface area (Å²) in [4.78, 5) is 25.8. The van der Waals surface area contributed by atoms with Gasteiger partial charge in [-0.1, -0.05) is 6.07 Å². The standard InChI is InChI=1S/C16H16N2O3S/c1-18(2)16(20)22-14-7-3-5-12(11-14)17-15(19)9-8-13-6-4-10-21-13/h3-11H,1-2H3,(H,17,19). The minimum absolute atomic E-state index is 0.0683. The summed E-state index contributed by atoms with van der Waals surface area (Å²) in [6.07, 6.45) is 4.52. The molecule has 0 saturated heterocycles. The summed E-state index contributed by atoms with van der Waals surface area (Å²) >= 11 is 1.11. The van der Waals surface area contributed by atoms with E-state index >= 15 is 0 Å². The van der Waals surface area contributed by atoms with E-state index in [-0.39, 0.29) is 11.1 Å². The fourth-order valence-corrected chi connectivity index (χ4v) is 2.27. The van der Waals surface area contributed by atoms with Crippen molar-refractivity contribution in [3.05, 3.63) is 54.5 Å². The van der Waals surface area contributed by atoms with Crippen LogP contribution in [0.3, 0.4) is 0 Å². The van der Waals surface area contributed by atoms with Gasteiger partial charge < -0.3 is 14.6 Å². The number of nitrogens with zero attached hydrogens (tertiary/aromatic N) is 1. The van der Waals surface area contributed by atoms with Crippen LogP contribution < -0.4 is 5.32 Å². The zero-order valence-electron chi connectivity index (χ0n) is 12.3. The second-order valence-electron chi connectivity index (χ2n) is 4.63. The van der Waals surface area contributed by atoms with Crippen LogP contribution in [0.2, 0.25) is 0 Å². The minimum atomic E-state index is -0.266. The summed E-state index contributed by atoms with van der Waals surface area (Å²) in [6, 6.07) is 10.6. The molecule has 2 aromatic rings. The van der Waals surface area contributed by atoms with Gasteiger partial charge in [0.2, 0.25) is 5.91 Å². The molecule has 1 aromatic heterocycles. The first-order valence-corrected chi connectivity index (χ1v) is 7.38. The van der Waals surface area contributed by atoms with E-state index in [1.807, 2.05) is 6.07 Å². The Balaban J connectivity index is 1.98. The predicted molar refractivity (Wildman–Crippen MR) is 87.8 cm³/mol. The van der Waals surface area contributed by atoms with Crippen LogP contribution in [0.1, 0.15) is 5.76 Å². The number of furan rings is 1. The molecule has 0 bridgehead atoms. The monoisotopic (exact) mass is 316 g/mol. The molecule has 1 heterocycles. The van der Waals surface area contributed by atoms with Crippen molar-refractivity contribution in [3.8, 4) is 0 Å². The maximum atomic E-state index is 11.8. The van der Waals surface area contributed by atoms with E-state index in [1.165, 1.54) is 11.0 Å². The van der Waals surface area contributed by atoms with Gasteiger partial charge in [-0.05, 0) is 48.2 Å². The topological polar surface area (TPSA) is 62.6 Å². The van der Waals surface area contributed by atoms with Gasteiger partial charge in [0.25, 0.3) is 5.24 Å². The fraction of sp³-hybridized carbons (Fsp3) is 0.125. The van der Waals surface area contributed by atoms with Crippen molar-refractivity contribution in [3.63, 3.8) is 0 Å². The normalized spacial score (nSPS) is 10.6. The first kappa shape index (κ1) is 15.9. The molecule has 0 unspecified atom stereocenters. The van der Waals surface area contributed by atoms with E-state index in [2.05, 4.69) is 5.32 Å². The van der Waals surface area contributed by atoms with Gasteiger partial charge in [-0.15, -0.1) is 0 Å². The number of carbonyl (C=O) groups is 2. The Hall–Kier alpha value is -2.47. The Morgan fingerprint density at radius 3 is 2.73 bits per heavy atom. The summed E-state index contributed by atoms with van der Waals surface area (Å²) < 4.78 is 5.11. The molecule has 5 nitrogen and oxygen atoms in total. The van der Waals surface area contributed by atoms with Crippen molar-refractivity contribution in [1.29, 1.82) is 0 Å². The Labute approximate surface area is 133 Å². The van der Waals surface area contributed by atoms with Gasteiger partial charge in [-0.3, -0.25) is 9.59 Å². The number of thioether (sulfide) groups is 1. The highest BCUT2D eigenvalue weighted by Gasteiger charge is 2.07. The summed E-state index contributed by atoms with van der Waals surface area (Å²) in [6.45, 7) is 0. The summed E-state index contributed by atoms with van der Waals surface area (Å²) in [5.74, 6) is 0.341. The molecule has 2 rings (SSSR count). The van der Waals surface area contributed by atoms with Crippen molar-refractivity contribution < 1.29 is 14.0 Å². The third kappa shape index (κ3) is 4.82. The zero-order valence-corrected chi connectivity index (χ0v) is 13.1. The molecule has 0 aliphatic heterocycles. The number of hydrogen-bond donors (Lipinski definition) is 1. The molecule has 1 aromatic carbocycles. The SMILES string of the molecule is CN(C)C(=O)Sc1cccc(NC(=O)C=Cc2ccco2)c1. The van der Waals surface area contributed by atoms with Crippen LogP contribution in [0.15, 0.2) is 58.1 Å². The van der Waals surface area contributed by atoms with E-state index in [0.717, 1.165) is 16.7 Å². The largest absolute Gasteiger partial charge is 0.465 e. The van der Waals surface area contributed by atoms with Gasteiger partial charge >= 0.3 is 0 Å². The van der Waals surface area contributed by atoms with Crippen molar-refractivity contribution in [2.45, 2.75) is 4.90 Å². The molecule has 1 N–H and O–H groups in total. The first-order valence-electron chi connectivity index (χ1n) is 6.56. The van der Waals surface area contributed by atoms with Gasteiger partial charge in [-0.2, -0.15) is 0 Å². The van der Waals surface area contributed by atoms with E-state index in [4.69, 9.17) is 4.42 Å². The van der Waals surface area contributed by atoms with Gasteiger partial charge in [0, 0.05) is 30.8 Å². The fourth-order valence-electron chi connectivity index (χ4n) is 1.56. The maximum Gasteiger partial charge on any atom is 0.285 e. The van der Waals surface area contributed by atoms with Crippen LogP contribution in [0.5, 0.6) is 0 Å². The lowest BCUT2D eigenvalue weighted by Crippen LogP contribution is -2.16. The Bertz CT molecular complexity index is 678. The second kappa shape index (κ2) is 7.51. The van der Waals surface area contributed by atoms with Crippen molar-refractivity contribution in [2.75, 3.05) is 19.4 Å². The lowest BCUT2D eigenvalue weighted by molar-refractivity contribution is -0.111. The Morgan fingerprint density at radius 1 is 1.23 bits per heavy atom. The zero-order chi connectivity index (χ0) is 15.9. The molecular formula is C16H16N2O3S. The second-order valence-corrected chi connectivity index (χ2v) is 5.65. The Morgan fingerprint density at radius 2 is 2.05 bits per heavy atom. The predicted octanol–water partition coefficient (Wildman–Crippen LogP) is 3.71. The summed E-state index contributed by atoms with van der Waals surface area (Å²) in [5.41, 5.74) is 0.630. The molecule has 0 atom stereocenters. The van der Waals surface area contributed by atoms with Crippen LogP contribution in [-0.4, -0.2) is 30.1 Å². The molecule has 0 radical (unpaired) electrons. The number of nitrogens with one attached hydrogen (secondary N) is 1. The lowest BCUT2D eigenvalue weighted by Gasteiger charge is -2.10. The third-order valence-corrected chi connectivity index (χ3v) is 3.64. The number of hydrogen-bond acceptors (Lipinski definition) is 4. The Kier molecular flexibility index (Phi) is 5.43. The molecule has 0 aliphatic carbocycles. The van der Waals surface area contributed by atoms with Crippen molar-refractivity contribution >= 4 is 34.7 Å². The van der Waals surface area contributed by atoms with Gasteiger partial charge in [0.1, 0.15) is 5.76 Å². The van der Waals surface area contributed by atoms with Crippen molar-refractivity contribution in [1.82, 2.24) is 4.90 Å². The molecule has 0 aliphatic rings. The minimum Gasteiger partial charge on any atom is -0.465 e. The number of rotatable bonds is 4. The van der Waals surface area contributed by atoms with Gasteiger partial charge in [0.15, 0.2) is 0 Å². The van der Waals surface area contributed by atoms with E-state index in [0.29, 0.717) is 11.4 Å². The summed E-state index contributed by atoms with van der Waals surface area (Å²) in [5, 5.41) is 2.67. The molecule has 6 heteroatoms. The molecular weight excluding hydrogens is 300 g/mol. The first-order chi connectivity index (χ1) is 10.5. The average molecular weight is 316 g/mol. The van der Waals surface area contributed by atoms with Crippen LogP contribution in [0.25, 0.3) is 6.08 Å². The lowest BCUT2D eigenvalue weighted by atomic mass is 10.3. The van der Waals surface area contributed by atoms with Crippen LogP contribution in [-0.2, 0) is 4.79 Å². The molecule has 22 heavy (non-hydrogen) atoms. The maximum absolute atomic E-state index is 11.8. The number of amides is 2. The highest BCUT2D eigenvalue weighted by Crippen LogP contribution is 2.23. The molecule has 2 amide bonds.